The first-order valence-electron chi connectivity index (χ1n) is 5.43. The third-order valence-electron chi connectivity index (χ3n) is 2.47. The van der Waals surface area contributed by atoms with Crippen molar-refractivity contribution in [3.05, 3.63) is 69.0 Å². The van der Waals surface area contributed by atoms with Gasteiger partial charge in [0.25, 0.3) is 5.91 Å². The monoisotopic (exact) mass is 355 g/mol. The number of amides is 1. The van der Waals surface area contributed by atoms with Gasteiger partial charge in [0.1, 0.15) is 5.82 Å². The Labute approximate surface area is 118 Å². The van der Waals surface area contributed by atoms with E-state index in [-0.39, 0.29) is 11.7 Å². The molecule has 0 saturated heterocycles. The first-order valence-corrected chi connectivity index (χ1v) is 6.51. The summed E-state index contributed by atoms with van der Waals surface area (Å²) in [6.07, 6.45) is 0. The minimum absolute atomic E-state index is 0.129. The Morgan fingerprint density at radius 3 is 2.28 bits per heavy atom. The normalized spacial score (nSPS) is 10.1. The molecule has 0 atom stereocenters. The van der Waals surface area contributed by atoms with Crippen molar-refractivity contribution in [1.82, 2.24) is 5.32 Å². The number of hydrogen-bond donors (Lipinski definition) is 1. The van der Waals surface area contributed by atoms with Gasteiger partial charge in [-0.05, 0) is 64.6 Å². The van der Waals surface area contributed by atoms with Crippen LogP contribution in [0.25, 0.3) is 0 Å². The van der Waals surface area contributed by atoms with Crippen molar-refractivity contribution >= 4 is 28.5 Å². The number of carbonyl (C=O) groups is 1. The molecule has 1 amide bonds. The quantitative estimate of drug-likeness (QED) is 0.841. The second kappa shape index (κ2) is 5.95. The van der Waals surface area contributed by atoms with Crippen molar-refractivity contribution in [2.45, 2.75) is 6.54 Å². The lowest BCUT2D eigenvalue weighted by molar-refractivity contribution is 0.0951. The first kappa shape index (κ1) is 13.0. The fourth-order valence-corrected chi connectivity index (χ4v) is 1.85. The Morgan fingerprint density at radius 1 is 1.06 bits per heavy atom. The van der Waals surface area contributed by atoms with Gasteiger partial charge in [-0.2, -0.15) is 0 Å². The fraction of sp³-hybridized carbons (Fsp3) is 0.0714. The van der Waals surface area contributed by atoms with Crippen molar-refractivity contribution < 1.29 is 9.18 Å². The summed E-state index contributed by atoms with van der Waals surface area (Å²) >= 11 is 2.19. The van der Waals surface area contributed by atoms with E-state index in [2.05, 4.69) is 27.9 Å². The van der Waals surface area contributed by atoms with Crippen LogP contribution in [0.4, 0.5) is 4.39 Å². The molecule has 0 saturated carbocycles. The molecule has 0 aromatic heterocycles. The van der Waals surface area contributed by atoms with Gasteiger partial charge in [0.05, 0.1) is 0 Å². The van der Waals surface area contributed by atoms with E-state index >= 15 is 0 Å². The van der Waals surface area contributed by atoms with Gasteiger partial charge >= 0.3 is 0 Å². The SMILES string of the molecule is O=C(NCc1ccc(F)cc1)c1ccc(I)cc1. The molecule has 0 fully saturated rings. The van der Waals surface area contributed by atoms with E-state index in [9.17, 15) is 9.18 Å². The minimum atomic E-state index is -0.275. The van der Waals surface area contributed by atoms with Crippen molar-refractivity contribution in [2.24, 2.45) is 0 Å². The summed E-state index contributed by atoms with van der Waals surface area (Å²) in [7, 11) is 0. The second-order valence-electron chi connectivity index (χ2n) is 3.82. The van der Waals surface area contributed by atoms with Gasteiger partial charge in [0.2, 0.25) is 0 Å². The van der Waals surface area contributed by atoms with E-state index in [1.54, 1.807) is 24.3 Å². The number of nitrogens with one attached hydrogen (secondary N) is 1. The standard InChI is InChI=1S/C14H11FINO/c15-12-5-1-10(2-6-12)9-17-14(18)11-3-7-13(16)8-4-11/h1-8H,9H2,(H,17,18). The predicted molar refractivity (Wildman–Crippen MR) is 76.7 cm³/mol. The zero-order valence-corrected chi connectivity index (χ0v) is 11.6. The first-order chi connectivity index (χ1) is 8.65. The minimum Gasteiger partial charge on any atom is -0.348 e. The van der Waals surface area contributed by atoms with Crippen LogP contribution in [0.15, 0.2) is 48.5 Å². The largest absolute Gasteiger partial charge is 0.348 e. The lowest BCUT2D eigenvalue weighted by Gasteiger charge is -2.05. The fourth-order valence-electron chi connectivity index (χ4n) is 1.49. The smallest absolute Gasteiger partial charge is 0.251 e. The van der Waals surface area contributed by atoms with E-state index in [4.69, 9.17) is 0 Å². The molecule has 1 N–H and O–H groups in total. The maximum atomic E-state index is 12.7. The summed E-state index contributed by atoms with van der Waals surface area (Å²) in [6.45, 7) is 0.394. The Balaban J connectivity index is 1.96. The van der Waals surface area contributed by atoms with Gasteiger partial charge in [0, 0.05) is 15.7 Å². The molecule has 2 aromatic carbocycles. The van der Waals surface area contributed by atoms with E-state index < -0.39 is 0 Å². The van der Waals surface area contributed by atoms with Gasteiger partial charge in [-0.3, -0.25) is 4.79 Å². The molecular weight excluding hydrogens is 344 g/mol. The number of hydrogen-bond acceptors (Lipinski definition) is 1. The lowest BCUT2D eigenvalue weighted by atomic mass is 10.2. The molecule has 2 nitrogen and oxygen atoms in total. The molecule has 0 aliphatic heterocycles. The number of halogens is 2. The van der Waals surface area contributed by atoms with Gasteiger partial charge in [-0.1, -0.05) is 12.1 Å². The average Bonchev–Trinajstić information content (AvgIpc) is 2.38. The topological polar surface area (TPSA) is 29.1 Å². The van der Waals surface area contributed by atoms with E-state index in [1.165, 1.54) is 12.1 Å². The van der Waals surface area contributed by atoms with Crippen molar-refractivity contribution in [1.29, 1.82) is 0 Å². The molecule has 0 aliphatic rings. The van der Waals surface area contributed by atoms with Crippen LogP contribution in [0.5, 0.6) is 0 Å². The molecule has 18 heavy (non-hydrogen) atoms. The van der Waals surface area contributed by atoms with Crippen molar-refractivity contribution in [3.63, 3.8) is 0 Å². The van der Waals surface area contributed by atoms with Crippen LogP contribution in [-0.4, -0.2) is 5.91 Å². The maximum Gasteiger partial charge on any atom is 0.251 e. The van der Waals surface area contributed by atoms with Crippen LogP contribution < -0.4 is 5.32 Å². The highest BCUT2D eigenvalue weighted by molar-refractivity contribution is 14.1. The third-order valence-corrected chi connectivity index (χ3v) is 3.19. The van der Waals surface area contributed by atoms with Gasteiger partial charge in [0.15, 0.2) is 0 Å². The van der Waals surface area contributed by atoms with Crippen LogP contribution in [0.1, 0.15) is 15.9 Å². The molecule has 92 valence electrons. The zero-order chi connectivity index (χ0) is 13.0. The molecule has 4 heteroatoms. The van der Waals surface area contributed by atoms with Crippen LogP contribution in [0.3, 0.4) is 0 Å². The molecule has 0 bridgehead atoms. The Morgan fingerprint density at radius 2 is 1.67 bits per heavy atom. The average molecular weight is 355 g/mol. The molecule has 0 spiro atoms. The summed E-state index contributed by atoms with van der Waals surface area (Å²) in [6, 6.07) is 13.4. The maximum absolute atomic E-state index is 12.7. The van der Waals surface area contributed by atoms with Crippen LogP contribution in [0, 0.1) is 9.39 Å². The molecule has 2 rings (SSSR count). The van der Waals surface area contributed by atoms with E-state index in [1.807, 2.05) is 12.1 Å². The van der Waals surface area contributed by atoms with Crippen LogP contribution in [0.2, 0.25) is 0 Å². The summed E-state index contributed by atoms with van der Waals surface area (Å²) in [5, 5.41) is 2.79. The molecule has 0 aliphatic carbocycles. The summed E-state index contributed by atoms with van der Waals surface area (Å²) in [5.74, 6) is -0.404. The van der Waals surface area contributed by atoms with Gasteiger partial charge < -0.3 is 5.32 Å². The highest BCUT2D eigenvalue weighted by Crippen LogP contribution is 2.07. The van der Waals surface area contributed by atoms with Crippen LogP contribution in [-0.2, 0) is 6.54 Å². The number of carbonyl (C=O) groups excluding carboxylic acids is 1. The van der Waals surface area contributed by atoms with Gasteiger partial charge in [-0.15, -0.1) is 0 Å². The molecular formula is C14H11FINO. The highest BCUT2D eigenvalue weighted by atomic mass is 127. The van der Waals surface area contributed by atoms with E-state index in [0.29, 0.717) is 12.1 Å². The molecule has 2 aromatic rings. The Kier molecular flexibility index (Phi) is 4.30. The highest BCUT2D eigenvalue weighted by Gasteiger charge is 2.04. The molecule has 0 radical (unpaired) electrons. The molecule has 0 unspecified atom stereocenters. The third kappa shape index (κ3) is 3.53. The van der Waals surface area contributed by atoms with Crippen LogP contribution >= 0.6 is 22.6 Å². The van der Waals surface area contributed by atoms with Crippen molar-refractivity contribution in [2.75, 3.05) is 0 Å². The molecule has 0 heterocycles. The van der Waals surface area contributed by atoms with Crippen molar-refractivity contribution in [3.8, 4) is 0 Å². The number of benzene rings is 2. The summed E-state index contributed by atoms with van der Waals surface area (Å²) in [5.41, 5.74) is 1.49. The van der Waals surface area contributed by atoms with Gasteiger partial charge in [-0.25, -0.2) is 4.39 Å². The summed E-state index contributed by atoms with van der Waals surface area (Å²) in [4.78, 5) is 11.8. The lowest BCUT2D eigenvalue weighted by Crippen LogP contribution is -2.22. The Hall–Kier alpha value is -1.43. The Bertz CT molecular complexity index is 537. The van der Waals surface area contributed by atoms with E-state index in [0.717, 1.165) is 9.13 Å². The predicted octanol–water partition coefficient (Wildman–Crippen LogP) is 3.36. The second-order valence-corrected chi connectivity index (χ2v) is 5.06. The summed E-state index contributed by atoms with van der Waals surface area (Å²) < 4.78 is 13.8. The zero-order valence-electron chi connectivity index (χ0n) is 9.49. The number of rotatable bonds is 3.